The molecule has 1 aromatic carbocycles. The van der Waals surface area contributed by atoms with E-state index in [1.807, 2.05) is 0 Å². The molecule has 3 N–H and O–H groups in total. The number of rotatable bonds is 2. The van der Waals surface area contributed by atoms with Gasteiger partial charge in [-0.2, -0.15) is 13.2 Å². The summed E-state index contributed by atoms with van der Waals surface area (Å²) >= 11 is 0. The van der Waals surface area contributed by atoms with E-state index in [9.17, 15) is 22.8 Å². The molecule has 1 heterocycles. The fourth-order valence-electron chi connectivity index (χ4n) is 1.88. The molecule has 1 atom stereocenters. The van der Waals surface area contributed by atoms with Crippen molar-refractivity contribution in [1.29, 1.82) is 0 Å². The zero-order valence-corrected chi connectivity index (χ0v) is 9.45. The Balaban J connectivity index is 2.43. The maximum Gasteiger partial charge on any atom is 0.490 e. The number of primary amides is 1. The Morgan fingerprint density at radius 1 is 1.32 bits per heavy atom. The summed E-state index contributed by atoms with van der Waals surface area (Å²) in [5, 5.41) is 2.68. The minimum absolute atomic E-state index is 0.111. The number of alkyl halides is 3. The Labute approximate surface area is 105 Å². The van der Waals surface area contributed by atoms with E-state index < -0.39 is 23.7 Å². The second kappa shape index (κ2) is 4.15. The number of halogens is 3. The van der Waals surface area contributed by atoms with Gasteiger partial charge in [0.1, 0.15) is 0 Å². The predicted octanol–water partition coefficient (Wildman–Crippen LogP) is 0.898. The molecule has 0 fully saturated rings. The monoisotopic (exact) mass is 274 g/mol. The van der Waals surface area contributed by atoms with Gasteiger partial charge in [-0.3, -0.25) is 4.79 Å². The van der Waals surface area contributed by atoms with Crippen LogP contribution in [0.5, 0.6) is 0 Å². The summed E-state index contributed by atoms with van der Waals surface area (Å²) in [5.74, 6) is -3.62. The minimum atomic E-state index is -5.19. The van der Waals surface area contributed by atoms with Gasteiger partial charge in [-0.25, -0.2) is 4.79 Å². The third-order valence-electron chi connectivity index (χ3n) is 2.79. The molecule has 2 rings (SSSR count). The van der Waals surface area contributed by atoms with Gasteiger partial charge in [-0.1, -0.05) is 18.2 Å². The first-order chi connectivity index (χ1) is 8.77. The van der Waals surface area contributed by atoms with Crippen LogP contribution in [0.4, 0.5) is 18.9 Å². The number of hydrogen-bond donors (Lipinski definition) is 2. The van der Waals surface area contributed by atoms with Crippen molar-refractivity contribution in [2.24, 2.45) is 5.73 Å². The van der Waals surface area contributed by atoms with E-state index in [1.165, 1.54) is 12.1 Å². The molecule has 1 aliphatic heterocycles. The third kappa shape index (κ3) is 2.09. The first-order valence-corrected chi connectivity index (χ1v) is 5.21. The van der Waals surface area contributed by atoms with Gasteiger partial charge in [0.15, 0.2) is 0 Å². The van der Waals surface area contributed by atoms with Crippen LogP contribution in [0.1, 0.15) is 5.56 Å². The number of carbonyl (C=O) groups excluding carboxylic acids is 2. The first-order valence-electron chi connectivity index (χ1n) is 5.21. The number of carbonyl (C=O) groups is 2. The van der Waals surface area contributed by atoms with Crippen molar-refractivity contribution in [1.82, 2.24) is 0 Å². The summed E-state index contributed by atoms with van der Waals surface area (Å²) in [7, 11) is 0. The van der Waals surface area contributed by atoms with Gasteiger partial charge in [-0.05, 0) is 6.07 Å². The van der Waals surface area contributed by atoms with Gasteiger partial charge in [0.25, 0.3) is 5.91 Å². The van der Waals surface area contributed by atoms with Crippen LogP contribution in [0.15, 0.2) is 24.3 Å². The normalized spacial score (nSPS) is 21.4. The van der Waals surface area contributed by atoms with Gasteiger partial charge in [0, 0.05) is 11.3 Å². The van der Waals surface area contributed by atoms with Gasteiger partial charge in [0.05, 0.1) is 6.54 Å². The quantitative estimate of drug-likeness (QED) is 0.785. The van der Waals surface area contributed by atoms with Crippen LogP contribution in [0, 0.1) is 0 Å². The highest BCUT2D eigenvalue weighted by Crippen LogP contribution is 2.38. The fourth-order valence-corrected chi connectivity index (χ4v) is 1.88. The van der Waals surface area contributed by atoms with Gasteiger partial charge >= 0.3 is 12.1 Å². The van der Waals surface area contributed by atoms with Crippen molar-refractivity contribution < 1.29 is 27.5 Å². The van der Waals surface area contributed by atoms with Crippen molar-refractivity contribution in [3.8, 4) is 0 Å². The van der Waals surface area contributed by atoms with E-state index in [1.54, 1.807) is 12.1 Å². The summed E-state index contributed by atoms with van der Waals surface area (Å²) in [5.41, 5.74) is 3.49. The summed E-state index contributed by atoms with van der Waals surface area (Å²) in [4.78, 5) is 22.4. The van der Waals surface area contributed by atoms with E-state index in [2.05, 4.69) is 10.1 Å². The molecule has 1 amide bonds. The predicted molar refractivity (Wildman–Crippen MR) is 58.0 cm³/mol. The van der Waals surface area contributed by atoms with Crippen LogP contribution in [-0.4, -0.2) is 24.6 Å². The molecule has 0 radical (unpaired) electrons. The molecular formula is C11H9F3N2O3. The largest absolute Gasteiger partial charge is 0.490 e. The van der Waals surface area contributed by atoms with E-state index in [0.29, 0.717) is 5.69 Å². The lowest BCUT2D eigenvalue weighted by atomic mass is 9.95. The zero-order chi connectivity index (χ0) is 14.3. The van der Waals surface area contributed by atoms with Crippen LogP contribution in [0.25, 0.3) is 0 Å². The number of para-hydroxylation sites is 1. The molecule has 19 heavy (non-hydrogen) atoms. The smallest absolute Gasteiger partial charge is 0.435 e. The maximum absolute atomic E-state index is 12.3. The lowest BCUT2D eigenvalue weighted by Crippen LogP contribution is -2.48. The van der Waals surface area contributed by atoms with Crippen LogP contribution < -0.4 is 11.1 Å². The summed E-state index contributed by atoms with van der Waals surface area (Å²) in [6, 6.07) is 6.05. The topological polar surface area (TPSA) is 81.4 Å². The lowest BCUT2D eigenvalue weighted by Gasteiger charge is -2.26. The lowest BCUT2D eigenvalue weighted by molar-refractivity contribution is -0.213. The van der Waals surface area contributed by atoms with Crippen LogP contribution in [0.3, 0.4) is 0 Å². The number of ether oxygens (including phenoxy) is 1. The van der Waals surface area contributed by atoms with Crippen molar-refractivity contribution in [2.45, 2.75) is 11.8 Å². The molecule has 0 spiro atoms. The van der Waals surface area contributed by atoms with Crippen LogP contribution >= 0.6 is 0 Å². The Morgan fingerprint density at radius 2 is 1.95 bits per heavy atom. The maximum atomic E-state index is 12.3. The third-order valence-corrected chi connectivity index (χ3v) is 2.79. The zero-order valence-electron chi connectivity index (χ0n) is 9.45. The molecule has 0 bridgehead atoms. The highest BCUT2D eigenvalue weighted by Gasteiger charge is 2.53. The standard InChI is InChI=1S/C11H9F3N2O3/c12-11(13,14)9(18)19-10(8(15)17)5-16-7-4-2-1-3-6(7)10/h1-4,16H,5H2,(H2,15,17). The Bertz CT molecular complexity index is 544. The van der Waals surface area contributed by atoms with Gasteiger partial charge in [0.2, 0.25) is 5.60 Å². The van der Waals surface area contributed by atoms with Crippen molar-refractivity contribution in [2.75, 3.05) is 11.9 Å². The number of benzene rings is 1. The molecule has 0 aromatic heterocycles. The molecule has 1 aromatic rings. The SMILES string of the molecule is NC(=O)C1(OC(=O)C(F)(F)F)CNc2ccccc21. The Hall–Kier alpha value is -2.25. The molecule has 5 nitrogen and oxygen atoms in total. The Kier molecular flexibility index (Phi) is 2.88. The second-order valence-corrected chi connectivity index (χ2v) is 3.98. The number of anilines is 1. The fraction of sp³-hybridized carbons (Fsp3) is 0.273. The molecular weight excluding hydrogens is 265 g/mol. The molecule has 1 unspecified atom stereocenters. The van der Waals surface area contributed by atoms with E-state index in [-0.39, 0.29) is 12.1 Å². The van der Waals surface area contributed by atoms with Crippen LogP contribution in [0.2, 0.25) is 0 Å². The summed E-state index contributed by atoms with van der Waals surface area (Å²) < 4.78 is 41.1. The van der Waals surface area contributed by atoms with Crippen LogP contribution in [-0.2, 0) is 19.9 Å². The summed E-state index contributed by atoms with van der Waals surface area (Å²) in [6.07, 6.45) is -5.19. The molecule has 8 heteroatoms. The molecule has 0 aliphatic carbocycles. The van der Waals surface area contributed by atoms with E-state index in [4.69, 9.17) is 5.73 Å². The average molecular weight is 274 g/mol. The van der Waals surface area contributed by atoms with E-state index >= 15 is 0 Å². The van der Waals surface area contributed by atoms with E-state index in [0.717, 1.165) is 0 Å². The molecule has 102 valence electrons. The highest BCUT2D eigenvalue weighted by molar-refractivity contribution is 5.92. The number of fused-ring (bicyclic) bond motifs is 1. The highest BCUT2D eigenvalue weighted by atomic mass is 19.4. The molecule has 0 saturated carbocycles. The van der Waals surface area contributed by atoms with Crippen molar-refractivity contribution >= 4 is 17.6 Å². The molecule has 1 aliphatic rings. The summed E-state index contributed by atoms with van der Waals surface area (Å²) in [6.45, 7) is -0.330. The second-order valence-electron chi connectivity index (χ2n) is 3.98. The number of amides is 1. The minimum Gasteiger partial charge on any atom is -0.435 e. The van der Waals surface area contributed by atoms with Gasteiger partial charge in [-0.15, -0.1) is 0 Å². The number of esters is 1. The first kappa shape index (κ1) is 13.2. The van der Waals surface area contributed by atoms with Gasteiger partial charge < -0.3 is 15.8 Å². The number of nitrogens with two attached hydrogens (primary N) is 1. The van der Waals surface area contributed by atoms with Crippen molar-refractivity contribution in [3.63, 3.8) is 0 Å². The molecule has 0 saturated heterocycles. The number of hydrogen-bond acceptors (Lipinski definition) is 4. The van der Waals surface area contributed by atoms with Crippen molar-refractivity contribution in [3.05, 3.63) is 29.8 Å². The number of nitrogens with one attached hydrogen (secondary N) is 1. The Morgan fingerprint density at radius 3 is 2.53 bits per heavy atom. The average Bonchev–Trinajstić information content (AvgIpc) is 2.69.